The molecule has 0 saturated heterocycles. The van der Waals surface area contributed by atoms with Crippen molar-refractivity contribution in [3.8, 4) is 0 Å². The van der Waals surface area contributed by atoms with Crippen molar-refractivity contribution in [3.05, 3.63) is 23.2 Å². The fourth-order valence-electron chi connectivity index (χ4n) is 3.54. The zero-order chi connectivity index (χ0) is 17.9. The summed E-state index contributed by atoms with van der Waals surface area (Å²) in [4.78, 5) is 24.0. The van der Waals surface area contributed by atoms with Gasteiger partial charge in [-0.3, -0.25) is 9.59 Å². The van der Waals surface area contributed by atoms with Gasteiger partial charge in [-0.25, -0.2) is 0 Å². The van der Waals surface area contributed by atoms with Crippen molar-refractivity contribution in [1.29, 1.82) is 0 Å². The van der Waals surface area contributed by atoms with Crippen molar-refractivity contribution >= 4 is 11.8 Å². The molecule has 134 valence electrons. The second-order valence-corrected chi connectivity index (χ2v) is 7.04. The Hall–Kier alpha value is -1.82. The van der Waals surface area contributed by atoms with Crippen LogP contribution in [0.3, 0.4) is 0 Å². The van der Waals surface area contributed by atoms with Gasteiger partial charge < -0.3 is 20.2 Å². The van der Waals surface area contributed by atoms with E-state index in [1.807, 2.05) is 6.92 Å². The third kappa shape index (κ3) is 4.38. The first-order valence-electron chi connectivity index (χ1n) is 8.55. The Morgan fingerprint density at radius 2 is 2.00 bits per heavy atom. The Morgan fingerprint density at radius 3 is 2.50 bits per heavy atom. The summed E-state index contributed by atoms with van der Waals surface area (Å²) >= 11 is 0. The van der Waals surface area contributed by atoms with E-state index < -0.39 is 11.6 Å². The van der Waals surface area contributed by atoms with Gasteiger partial charge in [-0.05, 0) is 45.6 Å². The van der Waals surface area contributed by atoms with Crippen molar-refractivity contribution < 1.29 is 19.1 Å². The number of rotatable bonds is 6. The third-order valence-corrected chi connectivity index (χ3v) is 4.74. The summed E-state index contributed by atoms with van der Waals surface area (Å²) in [6, 6.07) is 1.25. The summed E-state index contributed by atoms with van der Waals surface area (Å²) in [6.45, 7) is 6.74. The Labute approximate surface area is 143 Å². The minimum Gasteiger partial charge on any atom is -0.466 e. The van der Waals surface area contributed by atoms with Crippen LogP contribution in [0.2, 0.25) is 0 Å². The highest BCUT2D eigenvalue weighted by atomic mass is 16.3. The smallest absolute Gasteiger partial charge is 0.242 e. The van der Waals surface area contributed by atoms with Gasteiger partial charge in [0.2, 0.25) is 11.8 Å². The Morgan fingerprint density at radius 1 is 1.38 bits per heavy atom. The predicted molar refractivity (Wildman–Crippen MR) is 90.3 cm³/mol. The molecule has 0 bridgehead atoms. The van der Waals surface area contributed by atoms with Gasteiger partial charge in [0.1, 0.15) is 23.2 Å². The molecule has 6 nitrogen and oxygen atoms in total. The van der Waals surface area contributed by atoms with E-state index in [4.69, 9.17) is 4.42 Å². The quantitative estimate of drug-likeness (QED) is 0.740. The molecular weight excluding hydrogens is 308 g/mol. The molecule has 1 heterocycles. The summed E-state index contributed by atoms with van der Waals surface area (Å²) in [5.74, 6) is 1.07. The number of nitrogens with one attached hydrogen (secondary N) is 2. The molecule has 6 heteroatoms. The molecule has 2 amide bonds. The van der Waals surface area contributed by atoms with E-state index >= 15 is 0 Å². The Kier molecular flexibility index (Phi) is 5.70. The van der Waals surface area contributed by atoms with E-state index in [0.29, 0.717) is 11.3 Å². The van der Waals surface area contributed by atoms with Crippen LogP contribution in [0.1, 0.15) is 56.6 Å². The maximum atomic E-state index is 12.6. The maximum absolute atomic E-state index is 12.6. The average molecular weight is 336 g/mol. The molecule has 1 saturated carbocycles. The summed E-state index contributed by atoms with van der Waals surface area (Å²) in [6.07, 6.45) is 4.04. The lowest BCUT2D eigenvalue weighted by atomic mass is 9.94. The number of furan rings is 1. The van der Waals surface area contributed by atoms with Crippen LogP contribution in [0.5, 0.6) is 0 Å². The summed E-state index contributed by atoms with van der Waals surface area (Å²) in [7, 11) is 0. The monoisotopic (exact) mass is 336 g/mol. The van der Waals surface area contributed by atoms with E-state index in [9.17, 15) is 14.7 Å². The highest BCUT2D eigenvalue weighted by Crippen LogP contribution is 2.29. The highest BCUT2D eigenvalue weighted by molar-refractivity contribution is 5.87. The average Bonchev–Trinajstić information content (AvgIpc) is 3.12. The lowest BCUT2D eigenvalue weighted by Crippen LogP contribution is -2.52. The van der Waals surface area contributed by atoms with Gasteiger partial charge in [0.15, 0.2) is 0 Å². The molecular formula is C18H28N2O4. The molecule has 0 radical (unpaired) electrons. The van der Waals surface area contributed by atoms with E-state index in [0.717, 1.165) is 31.4 Å². The fourth-order valence-corrected chi connectivity index (χ4v) is 3.54. The van der Waals surface area contributed by atoms with E-state index in [-0.39, 0.29) is 24.3 Å². The second-order valence-electron chi connectivity index (χ2n) is 7.04. The van der Waals surface area contributed by atoms with Gasteiger partial charge in [0.05, 0.1) is 6.54 Å². The first kappa shape index (κ1) is 18.5. The van der Waals surface area contributed by atoms with Crippen LogP contribution < -0.4 is 10.6 Å². The normalized spacial score (nSPS) is 18.9. The van der Waals surface area contributed by atoms with Gasteiger partial charge in [-0.15, -0.1) is 0 Å². The van der Waals surface area contributed by atoms with E-state index in [1.165, 1.54) is 6.92 Å². The molecule has 24 heavy (non-hydrogen) atoms. The number of amides is 2. The number of hydrogen-bond acceptors (Lipinski definition) is 4. The molecule has 1 aliphatic carbocycles. The van der Waals surface area contributed by atoms with Gasteiger partial charge in [0.25, 0.3) is 0 Å². The molecule has 1 aliphatic rings. The van der Waals surface area contributed by atoms with Crippen LogP contribution in [0.15, 0.2) is 10.5 Å². The maximum Gasteiger partial charge on any atom is 0.242 e. The van der Waals surface area contributed by atoms with Crippen molar-refractivity contribution in [2.45, 2.75) is 65.0 Å². The molecule has 3 N–H and O–H groups in total. The minimum atomic E-state index is -1.23. The van der Waals surface area contributed by atoms with Crippen LogP contribution in [0.25, 0.3) is 0 Å². The standard InChI is InChI=1S/C18H28N2O4/c1-11-9-15(12(2)24-11)18(4,23)10-19-17(22)16(20-13(3)21)14-7-5-6-8-14/h9,14,16,23H,5-8,10H2,1-4H3,(H,19,22)(H,20,21)/t16-,18-/m1/s1. The largest absolute Gasteiger partial charge is 0.466 e. The van der Waals surface area contributed by atoms with Gasteiger partial charge in [-0.2, -0.15) is 0 Å². The van der Waals surface area contributed by atoms with E-state index in [1.54, 1.807) is 19.9 Å². The number of aryl methyl sites for hydroxylation is 2. The number of carbonyl (C=O) groups is 2. The predicted octanol–water partition coefficient (Wildman–Crippen LogP) is 1.92. The number of hydrogen-bond donors (Lipinski definition) is 3. The summed E-state index contributed by atoms with van der Waals surface area (Å²) < 4.78 is 5.46. The molecule has 0 spiro atoms. The zero-order valence-corrected chi connectivity index (χ0v) is 14.9. The summed E-state index contributed by atoms with van der Waals surface area (Å²) in [5.41, 5.74) is -0.564. The number of aliphatic hydroxyl groups is 1. The van der Waals surface area contributed by atoms with Crippen LogP contribution in [0, 0.1) is 19.8 Å². The molecule has 0 unspecified atom stereocenters. The second kappa shape index (κ2) is 7.38. The summed E-state index contributed by atoms with van der Waals surface area (Å²) in [5, 5.41) is 16.3. The zero-order valence-electron chi connectivity index (χ0n) is 14.9. The highest BCUT2D eigenvalue weighted by Gasteiger charge is 2.33. The first-order valence-corrected chi connectivity index (χ1v) is 8.55. The van der Waals surface area contributed by atoms with E-state index in [2.05, 4.69) is 10.6 Å². The van der Waals surface area contributed by atoms with Crippen molar-refractivity contribution in [1.82, 2.24) is 10.6 Å². The Balaban J connectivity index is 2.03. The molecule has 1 aromatic rings. The minimum absolute atomic E-state index is 0.0639. The van der Waals surface area contributed by atoms with Crippen LogP contribution in [0.4, 0.5) is 0 Å². The van der Waals surface area contributed by atoms with Crippen LogP contribution in [-0.4, -0.2) is 29.5 Å². The molecule has 1 fully saturated rings. The first-order chi connectivity index (χ1) is 11.2. The Bertz CT molecular complexity index is 600. The molecule has 2 rings (SSSR count). The van der Waals surface area contributed by atoms with Crippen molar-refractivity contribution in [2.24, 2.45) is 5.92 Å². The van der Waals surface area contributed by atoms with Gasteiger partial charge in [0, 0.05) is 12.5 Å². The molecule has 0 aromatic carbocycles. The van der Waals surface area contributed by atoms with Crippen molar-refractivity contribution in [3.63, 3.8) is 0 Å². The third-order valence-electron chi connectivity index (χ3n) is 4.74. The van der Waals surface area contributed by atoms with Crippen molar-refractivity contribution in [2.75, 3.05) is 6.54 Å². The molecule has 0 aliphatic heterocycles. The molecule has 1 aromatic heterocycles. The lowest BCUT2D eigenvalue weighted by Gasteiger charge is -2.27. The van der Waals surface area contributed by atoms with Crippen LogP contribution >= 0.6 is 0 Å². The number of carbonyl (C=O) groups excluding carboxylic acids is 2. The molecule has 2 atom stereocenters. The van der Waals surface area contributed by atoms with Crippen LogP contribution in [-0.2, 0) is 15.2 Å². The topological polar surface area (TPSA) is 91.6 Å². The lowest BCUT2D eigenvalue weighted by molar-refractivity contribution is -0.130. The van der Waals surface area contributed by atoms with Gasteiger partial charge in [-0.1, -0.05) is 12.8 Å². The fraction of sp³-hybridized carbons (Fsp3) is 0.667. The SMILES string of the molecule is CC(=O)N[C@@H](C(=O)NC[C@@](C)(O)c1cc(C)oc1C)C1CCCC1. The van der Waals surface area contributed by atoms with Gasteiger partial charge >= 0.3 is 0 Å².